The third kappa shape index (κ3) is 6.83. The lowest BCUT2D eigenvalue weighted by Crippen LogP contribution is -2.38. The fourth-order valence-corrected chi connectivity index (χ4v) is 3.22. The molecule has 1 amide bonds. The first-order valence-corrected chi connectivity index (χ1v) is 9.59. The number of thiazole rings is 1. The molecule has 0 saturated carbocycles. The summed E-state index contributed by atoms with van der Waals surface area (Å²) in [7, 11) is 1.73. The molecule has 0 atom stereocenters. The number of benzene rings is 1. The highest BCUT2D eigenvalue weighted by molar-refractivity contribution is 9.10. The number of hydrogen-bond acceptors (Lipinski definition) is 4. The molecule has 2 rings (SSSR count). The first-order chi connectivity index (χ1) is 12.1. The monoisotopic (exact) mass is 423 g/mol. The molecule has 25 heavy (non-hydrogen) atoms. The van der Waals surface area contributed by atoms with Crippen molar-refractivity contribution in [3.63, 3.8) is 0 Å². The van der Waals surface area contributed by atoms with Crippen LogP contribution in [0.25, 0.3) is 0 Å². The number of amides is 1. The van der Waals surface area contributed by atoms with Crippen LogP contribution in [0, 0.1) is 6.92 Å². The van der Waals surface area contributed by atoms with Crippen molar-refractivity contribution in [2.45, 2.75) is 19.9 Å². The molecule has 0 bridgehead atoms. The van der Waals surface area contributed by atoms with Crippen LogP contribution in [-0.2, 0) is 6.54 Å². The standard InChI is InChI=1S/C17H22BrN5OS/c1-12-10-22-15(25-12)11-23-17(19-2)21-8-4-7-20-16(24)13-5-3-6-14(18)9-13/h3,5-6,9-10H,4,7-8,11H2,1-2H3,(H,20,24)(H2,19,21,23). The van der Waals surface area contributed by atoms with Gasteiger partial charge in [-0.1, -0.05) is 22.0 Å². The van der Waals surface area contributed by atoms with E-state index in [0.29, 0.717) is 18.7 Å². The fraction of sp³-hybridized carbons (Fsp3) is 0.353. The third-order valence-corrected chi connectivity index (χ3v) is 4.72. The van der Waals surface area contributed by atoms with E-state index in [1.54, 1.807) is 30.5 Å². The van der Waals surface area contributed by atoms with Gasteiger partial charge in [0.25, 0.3) is 5.91 Å². The smallest absolute Gasteiger partial charge is 0.251 e. The lowest BCUT2D eigenvalue weighted by molar-refractivity contribution is 0.0953. The summed E-state index contributed by atoms with van der Waals surface area (Å²) < 4.78 is 0.895. The van der Waals surface area contributed by atoms with Crippen LogP contribution in [0.1, 0.15) is 26.7 Å². The van der Waals surface area contributed by atoms with Gasteiger partial charge in [-0.25, -0.2) is 4.98 Å². The maximum atomic E-state index is 12.0. The number of aromatic nitrogens is 1. The van der Waals surface area contributed by atoms with Crippen LogP contribution in [0.15, 0.2) is 39.9 Å². The summed E-state index contributed by atoms with van der Waals surface area (Å²) in [5, 5.41) is 10.4. The molecule has 0 radical (unpaired) electrons. The minimum Gasteiger partial charge on any atom is -0.356 e. The maximum absolute atomic E-state index is 12.0. The predicted molar refractivity (Wildman–Crippen MR) is 106 cm³/mol. The summed E-state index contributed by atoms with van der Waals surface area (Å²) in [5.74, 6) is 0.661. The highest BCUT2D eigenvalue weighted by atomic mass is 79.9. The zero-order valence-electron chi connectivity index (χ0n) is 14.3. The topological polar surface area (TPSA) is 78.4 Å². The molecule has 8 heteroatoms. The molecule has 1 aromatic carbocycles. The van der Waals surface area contributed by atoms with Crippen LogP contribution in [0.3, 0.4) is 0 Å². The van der Waals surface area contributed by atoms with Gasteiger partial charge in [-0.05, 0) is 31.5 Å². The molecule has 1 aromatic heterocycles. The van der Waals surface area contributed by atoms with E-state index in [-0.39, 0.29) is 5.91 Å². The van der Waals surface area contributed by atoms with Crippen LogP contribution >= 0.6 is 27.3 Å². The largest absolute Gasteiger partial charge is 0.356 e. The molecule has 0 fully saturated rings. The number of nitrogens with one attached hydrogen (secondary N) is 3. The number of carbonyl (C=O) groups is 1. The van der Waals surface area contributed by atoms with E-state index in [9.17, 15) is 4.79 Å². The Morgan fingerprint density at radius 3 is 2.76 bits per heavy atom. The summed E-state index contributed by atoms with van der Waals surface area (Å²) >= 11 is 5.03. The Hall–Kier alpha value is -1.93. The number of rotatable bonds is 7. The van der Waals surface area contributed by atoms with Gasteiger partial charge in [0.2, 0.25) is 0 Å². The van der Waals surface area contributed by atoms with Gasteiger partial charge in [0, 0.05) is 41.2 Å². The average Bonchev–Trinajstić information content (AvgIpc) is 3.02. The Kier molecular flexibility index (Phi) is 7.87. The lowest BCUT2D eigenvalue weighted by atomic mass is 10.2. The summed E-state index contributed by atoms with van der Waals surface area (Å²) in [4.78, 5) is 21.7. The van der Waals surface area contributed by atoms with Gasteiger partial charge in [-0.3, -0.25) is 9.79 Å². The minimum absolute atomic E-state index is 0.0667. The molecule has 0 aliphatic rings. The summed E-state index contributed by atoms with van der Waals surface area (Å²) in [6.45, 7) is 4.00. The van der Waals surface area contributed by atoms with Crippen molar-refractivity contribution >= 4 is 39.1 Å². The molecular formula is C17H22BrN5OS. The van der Waals surface area contributed by atoms with Crippen LogP contribution in [0.5, 0.6) is 0 Å². The fourth-order valence-electron chi connectivity index (χ4n) is 2.09. The Morgan fingerprint density at radius 1 is 1.28 bits per heavy atom. The van der Waals surface area contributed by atoms with E-state index in [0.717, 1.165) is 28.4 Å². The van der Waals surface area contributed by atoms with E-state index in [1.807, 2.05) is 25.3 Å². The molecule has 1 heterocycles. The molecule has 0 aliphatic heterocycles. The lowest BCUT2D eigenvalue weighted by Gasteiger charge is -2.11. The number of nitrogens with zero attached hydrogens (tertiary/aromatic N) is 2. The molecule has 0 aliphatic carbocycles. The highest BCUT2D eigenvalue weighted by Crippen LogP contribution is 2.11. The van der Waals surface area contributed by atoms with Gasteiger partial charge >= 0.3 is 0 Å². The van der Waals surface area contributed by atoms with Crippen molar-refractivity contribution < 1.29 is 4.79 Å². The van der Waals surface area contributed by atoms with Crippen LogP contribution < -0.4 is 16.0 Å². The molecule has 0 saturated heterocycles. The number of carbonyl (C=O) groups excluding carboxylic acids is 1. The second-order valence-electron chi connectivity index (χ2n) is 5.34. The Labute approximate surface area is 160 Å². The molecule has 0 spiro atoms. The molecular weight excluding hydrogens is 402 g/mol. The number of aliphatic imine (C=N–C) groups is 1. The van der Waals surface area contributed by atoms with Gasteiger partial charge in [0.15, 0.2) is 5.96 Å². The van der Waals surface area contributed by atoms with Crippen LogP contribution in [-0.4, -0.2) is 37.0 Å². The Bertz CT molecular complexity index is 731. The molecule has 134 valence electrons. The summed E-state index contributed by atoms with van der Waals surface area (Å²) in [5.41, 5.74) is 0.651. The molecule has 2 aromatic rings. The first kappa shape index (κ1) is 19.4. The van der Waals surface area contributed by atoms with Gasteiger partial charge in [-0.15, -0.1) is 11.3 Å². The van der Waals surface area contributed by atoms with Crippen molar-refractivity contribution in [1.29, 1.82) is 0 Å². The van der Waals surface area contributed by atoms with E-state index < -0.39 is 0 Å². The van der Waals surface area contributed by atoms with E-state index in [2.05, 4.69) is 41.9 Å². The number of halogens is 1. The Morgan fingerprint density at radius 2 is 2.08 bits per heavy atom. The molecule has 3 N–H and O–H groups in total. The van der Waals surface area contributed by atoms with Gasteiger partial charge in [0.1, 0.15) is 5.01 Å². The molecule has 0 unspecified atom stereocenters. The molecule has 6 nitrogen and oxygen atoms in total. The van der Waals surface area contributed by atoms with Crippen LogP contribution in [0.4, 0.5) is 0 Å². The highest BCUT2D eigenvalue weighted by Gasteiger charge is 2.05. The minimum atomic E-state index is -0.0667. The van der Waals surface area contributed by atoms with Gasteiger partial charge < -0.3 is 16.0 Å². The predicted octanol–water partition coefficient (Wildman–Crippen LogP) is 2.70. The third-order valence-electron chi connectivity index (χ3n) is 3.32. The number of hydrogen-bond donors (Lipinski definition) is 3. The van der Waals surface area contributed by atoms with Crippen molar-refractivity contribution in [3.05, 3.63) is 50.4 Å². The average molecular weight is 424 g/mol. The zero-order chi connectivity index (χ0) is 18.1. The second-order valence-corrected chi connectivity index (χ2v) is 7.57. The Balaban J connectivity index is 1.63. The van der Waals surface area contributed by atoms with Gasteiger partial charge in [-0.2, -0.15) is 0 Å². The van der Waals surface area contributed by atoms with Crippen LogP contribution in [0.2, 0.25) is 0 Å². The van der Waals surface area contributed by atoms with Crippen molar-refractivity contribution in [3.8, 4) is 0 Å². The van der Waals surface area contributed by atoms with Gasteiger partial charge in [0.05, 0.1) is 6.54 Å². The summed E-state index contributed by atoms with van der Waals surface area (Å²) in [6.07, 6.45) is 2.67. The second kappa shape index (κ2) is 10.1. The van der Waals surface area contributed by atoms with E-state index >= 15 is 0 Å². The maximum Gasteiger partial charge on any atom is 0.251 e. The number of aryl methyl sites for hydroxylation is 1. The quantitative estimate of drug-likeness (QED) is 0.363. The SMILES string of the molecule is CN=C(NCCCNC(=O)c1cccc(Br)c1)NCc1ncc(C)s1. The van der Waals surface area contributed by atoms with E-state index in [4.69, 9.17) is 0 Å². The van der Waals surface area contributed by atoms with Crippen molar-refractivity contribution in [2.24, 2.45) is 4.99 Å². The van der Waals surface area contributed by atoms with Crippen molar-refractivity contribution in [2.75, 3.05) is 20.1 Å². The first-order valence-electron chi connectivity index (χ1n) is 7.98. The summed E-state index contributed by atoms with van der Waals surface area (Å²) in [6, 6.07) is 7.34. The zero-order valence-corrected chi connectivity index (χ0v) is 16.7. The van der Waals surface area contributed by atoms with Crippen molar-refractivity contribution in [1.82, 2.24) is 20.9 Å². The number of guanidine groups is 1. The van der Waals surface area contributed by atoms with E-state index in [1.165, 1.54) is 4.88 Å². The normalized spacial score (nSPS) is 11.2.